The lowest BCUT2D eigenvalue weighted by Gasteiger charge is -2.24. The summed E-state index contributed by atoms with van der Waals surface area (Å²) in [6.45, 7) is 5.74. The second-order valence-corrected chi connectivity index (χ2v) is 6.76. The number of hydrogen-bond donors (Lipinski definition) is 1. The summed E-state index contributed by atoms with van der Waals surface area (Å²) < 4.78 is 0. The van der Waals surface area contributed by atoms with Crippen LogP contribution in [0.1, 0.15) is 34.3 Å². The average Bonchev–Trinajstić information content (AvgIpc) is 3.14. The van der Waals surface area contributed by atoms with E-state index >= 15 is 0 Å². The fourth-order valence-corrected chi connectivity index (χ4v) is 3.82. The Morgan fingerprint density at radius 1 is 1.36 bits per heavy atom. The molecule has 3 rings (SSSR count). The first-order valence-electron chi connectivity index (χ1n) is 7.66. The number of carbonyl (C=O) groups is 1. The number of aryl methyl sites for hydroxylation is 2. The minimum atomic E-state index is 0.0118. The van der Waals surface area contributed by atoms with Crippen molar-refractivity contribution in [1.29, 1.82) is 0 Å². The number of nitrogens with one attached hydrogen (secondary N) is 1. The van der Waals surface area contributed by atoms with Crippen molar-refractivity contribution < 1.29 is 4.79 Å². The van der Waals surface area contributed by atoms with E-state index in [1.807, 2.05) is 37.6 Å². The largest absolute Gasteiger partial charge is 0.350 e. The molecule has 1 unspecified atom stereocenters. The lowest BCUT2D eigenvalue weighted by Crippen LogP contribution is -2.40. The number of hydrogen-bond acceptors (Lipinski definition) is 4. The van der Waals surface area contributed by atoms with Crippen LogP contribution in [0.2, 0.25) is 0 Å². The van der Waals surface area contributed by atoms with Crippen LogP contribution in [0, 0.1) is 13.8 Å². The number of carbonyl (C=O) groups excluding carboxylic acids is 1. The maximum absolute atomic E-state index is 12.4. The highest BCUT2D eigenvalue weighted by Gasteiger charge is 2.26. The molecule has 0 radical (unpaired) electrons. The second-order valence-electron chi connectivity index (χ2n) is 5.89. The van der Waals surface area contributed by atoms with Gasteiger partial charge in [0.05, 0.1) is 0 Å². The van der Waals surface area contributed by atoms with Gasteiger partial charge in [-0.25, -0.2) is 4.98 Å². The van der Waals surface area contributed by atoms with Gasteiger partial charge in [0, 0.05) is 36.3 Å². The highest BCUT2D eigenvalue weighted by Crippen LogP contribution is 2.26. The van der Waals surface area contributed by atoms with Gasteiger partial charge in [-0.3, -0.25) is 4.79 Å². The standard InChI is InChI=1S/C17H21N3OS/c1-12-8-13(2)10-14(9-12)16(21)19-11-15-4-3-6-20(15)17-18-5-7-22-17/h5,7-10,15H,3-4,6,11H2,1-2H3,(H,19,21). The van der Waals surface area contributed by atoms with Crippen LogP contribution in [0.4, 0.5) is 5.13 Å². The third-order valence-corrected chi connectivity index (χ3v) is 4.83. The first-order chi connectivity index (χ1) is 10.6. The van der Waals surface area contributed by atoms with Gasteiger partial charge in [-0.2, -0.15) is 0 Å². The van der Waals surface area contributed by atoms with Gasteiger partial charge in [-0.1, -0.05) is 17.2 Å². The fraction of sp³-hybridized carbons (Fsp3) is 0.412. The summed E-state index contributed by atoms with van der Waals surface area (Å²) in [6.07, 6.45) is 4.10. The van der Waals surface area contributed by atoms with Crippen LogP contribution in [-0.4, -0.2) is 30.0 Å². The van der Waals surface area contributed by atoms with Crippen LogP contribution in [0.5, 0.6) is 0 Å². The van der Waals surface area contributed by atoms with Gasteiger partial charge in [0.2, 0.25) is 0 Å². The zero-order valence-corrected chi connectivity index (χ0v) is 13.8. The molecule has 1 atom stereocenters. The molecule has 22 heavy (non-hydrogen) atoms. The van der Waals surface area contributed by atoms with Crippen LogP contribution in [0.25, 0.3) is 0 Å². The molecule has 116 valence electrons. The van der Waals surface area contributed by atoms with Gasteiger partial charge >= 0.3 is 0 Å². The summed E-state index contributed by atoms with van der Waals surface area (Å²) in [5, 5.41) is 6.14. The van der Waals surface area contributed by atoms with Crippen molar-refractivity contribution in [2.75, 3.05) is 18.0 Å². The van der Waals surface area contributed by atoms with Gasteiger partial charge in [0.15, 0.2) is 5.13 Å². The molecule has 1 aliphatic heterocycles. The van der Waals surface area contributed by atoms with Gasteiger partial charge in [0.25, 0.3) is 5.91 Å². The van der Waals surface area contributed by atoms with Gasteiger partial charge < -0.3 is 10.2 Å². The first-order valence-corrected chi connectivity index (χ1v) is 8.54. The molecular formula is C17H21N3OS. The van der Waals surface area contributed by atoms with Crippen LogP contribution < -0.4 is 10.2 Å². The third kappa shape index (κ3) is 3.30. The first kappa shape index (κ1) is 15.0. The zero-order valence-electron chi connectivity index (χ0n) is 13.0. The third-order valence-electron chi connectivity index (χ3n) is 4.02. The molecule has 0 aliphatic carbocycles. The summed E-state index contributed by atoms with van der Waals surface area (Å²) in [5.74, 6) is 0.0118. The molecule has 1 aliphatic rings. The van der Waals surface area contributed by atoms with Gasteiger partial charge in [-0.05, 0) is 38.8 Å². The van der Waals surface area contributed by atoms with E-state index < -0.39 is 0 Å². The highest BCUT2D eigenvalue weighted by atomic mass is 32.1. The molecule has 2 heterocycles. The van der Waals surface area contributed by atoms with E-state index in [9.17, 15) is 4.79 Å². The molecular weight excluding hydrogens is 294 g/mol. The summed E-state index contributed by atoms with van der Waals surface area (Å²) in [7, 11) is 0. The van der Waals surface area contributed by atoms with E-state index in [2.05, 4.69) is 21.3 Å². The van der Waals surface area contributed by atoms with E-state index in [4.69, 9.17) is 0 Å². The molecule has 1 aromatic heterocycles. The molecule has 2 aromatic rings. The average molecular weight is 315 g/mol. The molecule has 0 saturated carbocycles. The van der Waals surface area contributed by atoms with Crippen molar-refractivity contribution >= 4 is 22.4 Å². The highest BCUT2D eigenvalue weighted by molar-refractivity contribution is 7.13. The Morgan fingerprint density at radius 3 is 2.82 bits per heavy atom. The molecule has 1 saturated heterocycles. The number of thiazole rings is 1. The Bertz CT molecular complexity index is 634. The van der Waals surface area contributed by atoms with Crippen molar-refractivity contribution in [3.8, 4) is 0 Å². The van der Waals surface area contributed by atoms with Crippen LogP contribution >= 0.6 is 11.3 Å². The predicted octanol–water partition coefficient (Wildman–Crippen LogP) is 3.16. The number of rotatable bonds is 4. The lowest BCUT2D eigenvalue weighted by atomic mass is 10.1. The second kappa shape index (κ2) is 6.48. The van der Waals surface area contributed by atoms with Crippen molar-refractivity contribution in [2.24, 2.45) is 0 Å². The van der Waals surface area contributed by atoms with E-state index in [-0.39, 0.29) is 5.91 Å². The van der Waals surface area contributed by atoms with Crippen LogP contribution in [-0.2, 0) is 0 Å². The Balaban J connectivity index is 1.63. The van der Waals surface area contributed by atoms with E-state index in [1.54, 1.807) is 11.3 Å². The summed E-state index contributed by atoms with van der Waals surface area (Å²) in [4.78, 5) is 19.1. The fourth-order valence-electron chi connectivity index (χ4n) is 3.08. The van der Waals surface area contributed by atoms with Crippen molar-refractivity contribution in [3.63, 3.8) is 0 Å². The number of nitrogens with zero attached hydrogens (tertiary/aromatic N) is 2. The SMILES string of the molecule is Cc1cc(C)cc(C(=O)NCC2CCCN2c2nccs2)c1. The van der Waals surface area contributed by atoms with E-state index in [1.165, 1.54) is 0 Å². The molecule has 0 bridgehead atoms. The molecule has 0 spiro atoms. The Morgan fingerprint density at radius 2 is 2.14 bits per heavy atom. The molecule has 5 heteroatoms. The van der Waals surface area contributed by atoms with E-state index in [0.717, 1.165) is 41.2 Å². The van der Waals surface area contributed by atoms with Gasteiger partial charge in [0.1, 0.15) is 0 Å². The number of anilines is 1. The summed E-state index contributed by atoms with van der Waals surface area (Å²) >= 11 is 1.66. The van der Waals surface area contributed by atoms with Crippen LogP contribution in [0.15, 0.2) is 29.8 Å². The number of benzene rings is 1. The Kier molecular flexibility index (Phi) is 4.43. The molecule has 1 fully saturated rings. The van der Waals surface area contributed by atoms with Gasteiger partial charge in [-0.15, -0.1) is 11.3 Å². The quantitative estimate of drug-likeness (QED) is 0.942. The van der Waals surface area contributed by atoms with Crippen molar-refractivity contribution in [1.82, 2.24) is 10.3 Å². The number of amides is 1. The minimum absolute atomic E-state index is 0.0118. The topological polar surface area (TPSA) is 45.2 Å². The molecule has 1 N–H and O–H groups in total. The number of aromatic nitrogens is 1. The molecule has 4 nitrogen and oxygen atoms in total. The van der Waals surface area contributed by atoms with Crippen LogP contribution in [0.3, 0.4) is 0 Å². The maximum atomic E-state index is 12.4. The molecule has 1 amide bonds. The van der Waals surface area contributed by atoms with Crippen molar-refractivity contribution in [2.45, 2.75) is 32.7 Å². The smallest absolute Gasteiger partial charge is 0.251 e. The lowest BCUT2D eigenvalue weighted by molar-refractivity contribution is 0.0951. The van der Waals surface area contributed by atoms with Crippen molar-refractivity contribution in [3.05, 3.63) is 46.5 Å². The monoisotopic (exact) mass is 315 g/mol. The van der Waals surface area contributed by atoms with E-state index in [0.29, 0.717) is 12.6 Å². The zero-order chi connectivity index (χ0) is 15.5. The normalized spacial score (nSPS) is 17.7. The summed E-state index contributed by atoms with van der Waals surface area (Å²) in [5.41, 5.74) is 2.99. The Labute approximate surface area is 135 Å². The Hall–Kier alpha value is -1.88. The summed E-state index contributed by atoms with van der Waals surface area (Å²) in [6, 6.07) is 6.31. The maximum Gasteiger partial charge on any atom is 0.251 e. The minimum Gasteiger partial charge on any atom is -0.350 e. The molecule has 1 aromatic carbocycles. The predicted molar refractivity (Wildman–Crippen MR) is 90.7 cm³/mol.